The quantitative estimate of drug-likeness (QED) is 0.756. The molecule has 13 heavy (non-hydrogen) atoms. The summed E-state index contributed by atoms with van der Waals surface area (Å²) in [6.07, 6.45) is 0. The third kappa shape index (κ3) is 1.98. The van der Waals surface area contributed by atoms with Crippen LogP contribution in [0.2, 0.25) is 5.02 Å². The van der Waals surface area contributed by atoms with E-state index in [9.17, 15) is 8.42 Å². The highest BCUT2D eigenvalue weighted by Gasteiger charge is 2.17. The Kier molecular flexibility index (Phi) is 2.57. The van der Waals surface area contributed by atoms with Crippen molar-refractivity contribution in [1.82, 2.24) is 0 Å². The molecule has 0 aliphatic rings. The van der Waals surface area contributed by atoms with E-state index in [1.165, 1.54) is 18.2 Å². The molecule has 1 aromatic rings. The SMILES string of the molecule is N#Cc1cccc(Cl)c1S(N)(=O)=O. The van der Waals surface area contributed by atoms with Crippen LogP contribution < -0.4 is 5.14 Å². The zero-order valence-electron chi connectivity index (χ0n) is 6.36. The first-order valence-electron chi connectivity index (χ1n) is 3.18. The standard InChI is InChI=1S/C7H5ClN2O2S/c8-6-3-1-2-5(4-9)7(6)13(10,11)12/h1-3H,(H2,10,11,12). The van der Waals surface area contributed by atoms with Crippen LogP contribution in [0.1, 0.15) is 5.56 Å². The molecule has 0 heterocycles. The second kappa shape index (κ2) is 3.34. The van der Waals surface area contributed by atoms with Gasteiger partial charge in [0.1, 0.15) is 11.0 Å². The molecule has 0 aromatic heterocycles. The molecular weight excluding hydrogens is 212 g/mol. The topological polar surface area (TPSA) is 83.9 Å². The minimum atomic E-state index is -3.93. The van der Waals surface area contributed by atoms with E-state index < -0.39 is 10.0 Å². The first kappa shape index (κ1) is 9.99. The maximum atomic E-state index is 11.0. The van der Waals surface area contributed by atoms with Gasteiger partial charge in [0.25, 0.3) is 0 Å². The minimum absolute atomic E-state index is 0.0402. The molecule has 68 valence electrons. The normalized spacial score (nSPS) is 10.8. The Morgan fingerprint density at radius 2 is 2.08 bits per heavy atom. The number of benzene rings is 1. The number of nitrogens with two attached hydrogens (primary N) is 1. The van der Waals surface area contributed by atoms with Crippen LogP contribution in [0.15, 0.2) is 23.1 Å². The fourth-order valence-corrected chi connectivity index (χ4v) is 2.14. The summed E-state index contributed by atoms with van der Waals surface area (Å²) in [6, 6.07) is 5.88. The minimum Gasteiger partial charge on any atom is -0.225 e. The fraction of sp³-hybridized carbons (Fsp3) is 0. The maximum absolute atomic E-state index is 11.0. The van der Waals surface area contributed by atoms with Gasteiger partial charge in [-0.15, -0.1) is 0 Å². The lowest BCUT2D eigenvalue weighted by molar-refractivity contribution is 0.597. The molecular formula is C7H5ClN2O2S. The summed E-state index contributed by atoms with van der Waals surface area (Å²) in [6.45, 7) is 0. The number of nitriles is 1. The van der Waals surface area contributed by atoms with Crippen molar-refractivity contribution in [2.75, 3.05) is 0 Å². The van der Waals surface area contributed by atoms with Crippen molar-refractivity contribution in [3.63, 3.8) is 0 Å². The van der Waals surface area contributed by atoms with E-state index in [2.05, 4.69) is 0 Å². The largest absolute Gasteiger partial charge is 0.240 e. The number of rotatable bonds is 1. The molecule has 0 fully saturated rings. The van der Waals surface area contributed by atoms with Gasteiger partial charge in [-0.2, -0.15) is 5.26 Å². The van der Waals surface area contributed by atoms with Crippen molar-refractivity contribution in [3.8, 4) is 6.07 Å². The van der Waals surface area contributed by atoms with Crippen LogP contribution in [0, 0.1) is 11.3 Å². The molecule has 0 saturated heterocycles. The van der Waals surface area contributed by atoms with Crippen molar-refractivity contribution in [3.05, 3.63) is 28.8 Å². The van der Waals surface area contributed by atoms with Gasteiger partial charge in [0.2, 0.25) is 10.0 Å². The lowest BCUT2D eigenvalue weighted by Gasteiger charge is -2.02. The van der Waals surface area contributed by atoms with Crippen LogP contribution in [0.3, 0.4) is 0 Å². The molecule has 0 atom stereocenters. The predicted octanol–water partition coefficient (Wildman–Crippen LogP) is 0.859. The van der Waals surface area contributed by atoms with E-state index in [0.29, 0.717) is 0 Å². The van der Waals surface area contributed by atoms with Crippen molar-refractivity contribution in [1.29, 1.82) is 5.26 Å². The summed E-state index contributed by atoms with van der Waals surface area (Å²) in [5.74, 6) is 0. The van der Waals surface area contributed by atoms with E-state index in [-0.39, 0.29) is 15.5 Å². The number of hydrogen-bond acceptors (Lipinski definition) is 3. The summed E-state index contributed by atoms with van der Waals surface area (Å²) in [5.41, 5.74) is -0.0463. The molecule has 2 N–H and O–H groups in total. The molecule has 0 aliphatic carbocycles. The third-order valence-corrected chi connectivity index (χ3v) is 2.81. The van der Waals surface area contributed by atoms with Crippen molar-refractivity contribution in [2.45, 2.75) is 4.90 Å². The van der Waals surface area contributed by atoms with Crippen LogP contribution in [-0.2, 0) is 10.0 Å². The molecule has 6 heteroatoms. The van der Waals surface area contributed by atoms with Crippen molar-refractivity contribution >= 4 is 21.6 Å². The molecule has 0 unspecified atom stereocenters. The molecule has 1 rings (SSSR count). The van der Waals surface area contributed by atoms with Gasteiger partial charge < -0.3 is 0 Å². The average molecular weight is 217 g/mol. The van der Waals surface area contributed by atoms with Crippen LogP contribution in [-0.4, -0.2) is 8.42 Å². The second-order valence-electron chi connectivity index (χ2n) is 2.27. The first-order valence-corrected chi connectivity index (χ1v) is 5.10. The third-order valence-electron chi connectivity index (χ3n) is 1.37. The van der Waals surface area contributed by atoms with Crippen LogP contribution in [0.4, 0.5) is 0 Å². The summed E-state index contributed by atoms with van der Waals surface area (Å²) in [4.78, 5) is -0.320. The molecule has 0 spiro atoms. The van der Waals surface area contributed by atoms with Gasteiger partial charge in [0.15, 0.2) is 0 Å². The van der Waals surface area contributed by atoms with Gasteiger partial charge in [0.05, 0.1) is 10.6 Å². The molecule has 4 nitrogen and oxygen atoms in total. The van der Waals surface area contributed by atoms with E-state index in [0.717, 1.165) is 0 Å². The number of halogens is 1. The summed E-state index contributed by atoms with van der Waals surface area (Å²) in [7, 11) is -3.93. The van der Waals surface area contributed by atoms with Gasteiger partial charge in [-0.05, 0) is 12.1 Å². The smallest absolute Gasteiger partial charge is 0.225 e. The molecule has 0 aliphatic heterocycles. The highest BCUT2D eigenvalue weighted by atomic mass is 35.5. The van der Waals surface area contributed by atoms with E-state index >= 15 is 0 Å². The summed E-state index contributed by atoms with van der Waals surface area (Å²) >= 11 is 5.58. The lowest BCUT2D eigenvalue weighted by Crippen LogP contribution is -2.14. The zero-order chi connectivity index (χ0) is 10.1. The summed E-state index contributed by atoms with van der Waals surface area (Å²) < 4.78 is 22.0. The van der Waals surface area contributed by atoms with Crippen molar-refractivity contribution < 1.29 is 8.42 Å². The van der Waals surface area contributed by atoms with E-state index in [4.69, 9.17) is 22.0 Å². The Balaban J connectivity index is 3.62. The molecule has 0 radical (unpaired) electrons. The highest BCUT2D eigenvalue weighted by Crippen LogP contribution is 2.23. The number of hydrogen-bond donors (Lipinski definition) is 1. The number of primary sulfonamides is 1. The first-order chi connectivity index (χ1) is 5.96. The van der Waals surface area contributed by atoms with Gasteiger partial charge in [-0.25, -0.2) is 13.6 Å². The van der Waals surface area contributed by atoms with Crippen LogP contribution in [0.5, 0.6) is 0 Å². The average Bonchev–Trinajstić information content (AvgIpc) is 2.01. The van der Waals surface area contributed by atoms with E-state index in [1.807, 2.05) is 0 Å². The number of nitrogens with zero attached hydrogens (tertiary/aromatic N) is 1. The Hall–Kier alpha value is -1.09. The van der Waals surface area contributed by atoms with E-state index in [1.54, 1.807) is 6.07 Å². The highest BCUT2D eigenvalue weighted by molar-refractivity contribution is 7.89. The second-order valence-corrected chi connectivity index (χ2v) is 4.18. The van der Waals surface area contributed by atoms with Gasteiger partial charge in [-0.1, -0.05) is 17.7 Å². The molecule has 0 bridgehead atoms. The van der Waals surface area contributed by atoms with Gasteiger partial charge in [-0.3, -0.25) is 0 Å². The van der Waals surface area contributed by atoms with Gasteiger partial charge in [0, 0.05) is 0 Å². The van der Waals surface area contributed by atoms with Crippen LogP contribution in [0.25, 0.3) is 0 Å². The maximum Gasteiger partial charge on any atom is 0.240 e. The fourth-order valence-electron chi connectivity index (χ4n) is 0.886. The van der Waals surface area contributed by atoms with Crippen molar-refractivity contribution in [2.24, 2.45) is 5.14 Å². The molecule has 0 saturated carbocycles. The Bertz CT molecular complexity index is 476. The predicted molar refractivity (Wildman–Crippen MR) is 47.5 cm³/mol. The Morgan fingerprint density at radius 3 is 2.46 bits per heavy atom. The monoisotopic (exact) mass is 216 g/mol. The Morgan fingerprint density at radius 1 is 1.46 bits per heavy atom. The van der Waals surface area contributed by atoms with Gasteiger partial charge >= 0.3 is 0 Å². The zero-order valence-corrected chi connectivity index (χ0v) is 7.93. The van der Waals surface area contributed by atoms with Crippen LogP contribution >= 0.6 is 11.6 Å². The molecule has 1 aromatic carbocycles. The Labute approximate surface area is 80.6 Å². The summed E-state index contributed by atoms with van der Waals surface area (Å²) in [5, 5.41) is 13.4. The lowest BCUT2D eigenvalue weighted by atomic mass is 10.2. The molecule has 0 amide bonds. The number of sulfonamides is 1.